The van der Waals surface area contributed by atoms with Crippen LogP contribution in [0.4, 0.5) is 0 Å². The molecule has 16 heavy (non-hydrogen) atoms. The molecule has 0 bridgehead atoms. The van der Waals surface area contributed by atoms with Gasteiger partial charge in [-0.2, -0.15) is 0 Å². The van der Waals surface area contributed by atoms with E-state index < -0.39 is 0 Å². The lowest BCUT2D eigenvalue weighted by Gasteiger charge is -2.16. The van der Waals surface area contributed by atoms with Crippen LogP contribution in [0.15, 0.2) is 23.0 Å². The van der Waals surface area contributed by atoms with Gasteiger partial charge >= 0.3 is 0 Å². The fourth-order valence-corrected chi connectivity index (χ4v) is 1.23. The molecule has 1 amide bonds. The lowest BCUT2D eigenvalue weighted by Crippen LogP contribution is -2.31. The van der Waals surface area contributed by atoms with Crippen molar-refractivity contribution >= 4 is 5.91 Å². The summed E-state index contributed by atoms with van der Waals surface area (Å²) < 4.78 is 5.15. The van der Waals surface area contributed by atoms with Gasteiger partial charge in [-0.25, -0.2) is 0 Å². The van der Waals surface area contributed by atoms with Crippen molar-refractivity contribution in [2.24, 2.45) is 0 Å². The number of carbonyl (C=O) groups excluding carboxylic acids is 1. The van der Waals surface area contributed by atoms with Crippen LogP contribution >= 0.6 is 0 Å². The third-order valence-corrected chi connectivity index (χ3v) is 2.12. The standard InChI is InChI=1S/C11H16N2O3/c1-3-16-8-7-13(2)11(15)9-5-4-6-10(14)12-9/h4-6H,3,7-8H2,1-2H3,(H,12,14). The second-order valence-corrected chi connectivity index (χ2v) is 3.35. The number of nitrogens with one attached hydrogen (secondary N) is 1. The summed E-state index contributed by atoms with van der Waals surface area (Å²) in [6.45, 7) is 3.53. The number of rotatable bonds is 5. The van der Waals surface area contributed by atoms with Crippen LogP contribution in [0, 0.1) is 0 Å². The zero-order valence-corrected chi connectivity index (χ0v) is 9.53. The molecule has 0 fully saturated rings. The summed E-state index contributed by atoms with van der Waals surface area (Å²) in [7, 11) is 1.67. The third kappa shape index (κ3) is 3.51. The first-order valence-electron chi connectivity index (χ1n) is 5.17. The van der Waals surface area contributed by atoms with Crippen LogP contribution in [0.1, 0.15) is 17.4 Å². The largest absolute Gasteiger partial charge is 0.380 e. The molecule has 5 heteroatoms. The number of nitrogens with zero attached hydrogens (tertiary/aromatic N) is 1. The molecule has 1 N–H and O–H groups in total. The molecule has 0 radical (unpaired) electrons. The first-order chi connectivity index (χ1) is 7.65. The molecular weight excluding hydrogens is 208 g/mol. The first-order valence-corrected chi connectivity index (χ1v) is 5.17. The summed E-state index contributed by atoms with van der Waals surface area (Å²) in [5.74, 6) is -0.211. The van der Waals surface area contributed by atoms with E-state index in [9.17, 15) is 9.59 Å². The summed E-state index contributed by atoms with van der Waals surface area (Å²) >= 11 is 0. The van der Waals surface area contributed by atoms with Crippen LogP contribution in [0.25, 0.3) is 0 Å². The molecule has 0 aromatic carbocycles. The molecule has 1 aromatic rings. The summed E-state index contributed by atoms with van der Waals surface area (Å²) in [5.41, 5.74) is 0.0237. The molecule has 0 atom stereocenters. The predicted octanol–water partition coefficient (Wildman–Crippen LogP) is 0.483. The van der Waals surface area contributed by atoms with E-state index in [0.29, 0.717) is 25.5 Å². The van der Waals surface area contributed by atoms with Gasteiger partial charge in [0.05, 0.1) is 6.61 Å². The molecule has 0 aliphatic heterocycles. The Morgan fingerprint density at radius 1 is 1.50 bits per heavy atom. The van der Waals surface area contributed by atoms with Crippen LogP contribution in [-0.2, 0) is 4.74 Å². The van der Waals surface area contributed by atoms with Gasteiger partial charge in [0.15, 0.2) is 0 Å². The number of aromatic amines is 1. The van der Waals surface area contributed by atoms with Gasteiger partial charge in [0.25, 0.3) is 5.91 Å². The summed E-state index contributed by atoms with van der Waals surface area (Å²) in [6, 6.07) is 4.51. The zero-order valence-electron chi connectivity index (χ0n) is 9.53. The predicted molar refractivity (Wildman–Crippen MR) is 60.5 cm³/mol. The average Bonchev–Trinajstić information content (AvgIpc) is 2.28. The number of carbonyl (C=O) groups is 1. The molecule has 0 spiro atoms. The van der Waals surface area contributed by atoms with Crippen LogP contribution in [0.5, 0.6) is 0 Å². The number of amides is 1. The SMILES string of the molecule is CCOCCN(C)C(=O)c1cccc(=O)[nH]1. The molecular formula is C11H16N2O3. The lowest BCUT2D eigenvalue weighted by atomic mass is 10.3. The Hall–Kier alpha value is -1.62. The Morgan fingerprint density at radius 2 is 2.25 bits per heavy atom. The van der Waals surface area contributed by atoms with Gasteiger partial charge in [0, 0.05) is 26.3 Å². The third-order valence-electron chi connectivity index (χ3n) is 2.12. The normalized spacial score (nSPS) is 10.1. The minimum absolute atomic E-state index is 0.211. The second-order valence-electron chi connectivity index (χ2n) is 3.35. The van der Waals surface area contributed by atoms with E-state index in [4.69, 9.17) is 4.74 Å². The number of ether oxygens (including phenoxy) is 1. The molecule has 88 valence electrons. The van der Waals surface area contributed by atoms with E-state index in [0.717, 1.165) is 0 Å². The maximum absolute atomic E-state index is 11.8. The number of hydrogen-bond acceptors (Lipinski definition) is 3. The van der Waals surface area contributed by atoms with E-state index >= 15 is 0 Å². The Morgan fingerprint density at radius 3 is 2.88 bits per heavy atom. The Kier molecular flexibility index (Phi) is 4.72. The van der Waals surface area contributed by atoms with Crippen molar-refractivity contribution in [3.8, 4) is 0 Å². The van der Waals surface area contributed by atoms with Crippen molar-refractivity contribution in [2.75, 3.05) is 26.8 Å². The molecule has 0 aliphatic rings. The highest BCUT2D eigenvalue weighted by atomic mass is 16.5. The molecule has 1 aromatic heterocycles. The van der Waals surface area contributed by atoms with Gasteiger partial charge < -0.3 is 14.6 Å². The van der Waals surface area contributed by atoms with Crippen molar-refractivity contribution in [3.63, 3.8) is 0 Å². The van der Waals surface area contributed by atoms with E-state index in [1.807, 2.05) is 6.92 Å². The van der Waals surface area contributed by atoms with E-state index in [2.05, 4.69) is 4.98 Å². The lowest BCUT2D eigenvalue weighted by molar-refractivity contribution is 0.0704. The smallest absolute Gasteiger partial charge is 0.270 e. The van der Waals surface area contributed by atoms with Gasteiger partial charge in [-0.15, -0.1) is 0 Å². The zero-order chi connectivity index (χ0) is 12.0. The van der Waals surface area contributed by atoms with Crippen LogP contribution in [-0.4, -0.2) is 42.6 Å². The van der Waals surface area contributed by atoms with Crippen LogP contribution in [0.2, 0.25) is 0 Å². The van der Waals surface area contributed by atoms with Crippen molar-refractivity contribution in [1.82, 2.24) is 9.88 Å². The van der Waals surface area contributed by atoms with Crippen LogP contribution in [0.3, 0.4) is 0 Å². The van der Waals surface area contributed by atoms with E-state index in [-0.39, 0.29) is 11.5 Å². The molecule has 1 rings (SSSR count). The number of H-pyrrole nitrogens is 1. The summed E-state index contributed by atoms with van der Waals surface area (Å²) in [4.78, 5) is 26.8. The van der Waals surface area contributed by atoms with Gasteiger partial charge in [-0.05, 0) is 13.0 Å². The maximum atomic E-state index is 11.8. The van der Waals surface area contributed by atoms with E-state index in [1.165, 1.54) is 11.0 Å². The molecule has 0 unspecified atom stereocenters. The number of aromatic nitrogens is 1. The van der Waals surface area contributed by atoms with Crippen LogP contribution < -0.4 is 5.56 Å². The van der Waals surface area contributed by atoms with E-state index in [1.54, 1.807) is 19.2 Å². The number of likely N-dealkylation sites (N-methyl/N-ethyl adjacent to an activating group) is 1. The molecule has 0 aliphatic carbocycles. The Bertz CT molecular complexity index is 400. The topological polar surface area (TPSA) is 62.4 Å². The maximum Gasteiger partial charge on any atom is 0.270 e. The Labute approximate surface area is 94.0 Å². The molecule has 1 heterocycles. The van der Waals surface area contributed by atoms with Crippen molar-refractivity contribution in [2.45, 2.75) is 6.92 Å². The molecule has 5 nitrogen and oxygen atoms in total. The van der Waals surface area contributed by atoms with Gasteiger partial charge in [-0.3, -0.25) is 9.59 Å². The minimum atomic E-state index is -0.274. The van der Waals surface area contributed by atoms with Crippen molar-refractivity contribution < 1.29 is 9.53 Å². The van der Waals surface area contributed by atoms with Gasteiger partial charge in [-0.1, -0.05) is 6.07 Å². The Balaban J connectivity index is 2.60. The average molecular weight is 224 g/mol. The summed E-state index contributed by atoms with van der Waals surface area (Å²) in [6.07, 6.45) is 0. The highest BCUT2D eigenvalue weighted by Crippen LogP contribution is 1.97. The summed E-state index contributed by atoms with van der Waals surface area (Å²) in [5, 5.41) is 0. The quantitative estimate of drug-likeness (QED) is 0.740. The van der Waals surface area contributed by atoms with Crippen molar-refractivity contribution in [3.05, 3.63) is 34.2 Å². The van der Waals surface area contributed by atoms with Gasteiger partial charge in [0.2, 0.25) is 5.56 Å². The number of hydrogen-bond donors (Lipinski definition) is 1. The van der Waals surface area contributed by atoms with Crippen molar-refractivity contribution in [1.29, 1.82) is 0 Å². The highest BCUT2D eigenvalue weighted by molar-refractivity contribution is 5.91. The van der Waals surface area contributed by atoms with Gasteiger partial charge in [0.1, 0.15) is 5.69 Å². The first kappa shape index (κ1) is 12.4. The second kappa shape index (κ2) is 6.07. The fraction of sp³-hybridized carbons (Fsp3) is 0.455. The molecule has 0 saturated heterocycles. The minimum Gasteiger partial charge on any atom is -0.380 e. The molecule has 0 saturated carbocycles. The fourth-order valence-electron chi connectivity index (χ4n) is 1.23. The highest BCUT2D eigenvalue weighted by Gasteiger charge is 2.11. The monoisotopic (exact) mass is 224 g/mol. The number of pyridine rings is 1.